The van der Waals surface area contributed by atoms with Crippen LogP contribution in [-0.2, 0) is 28.5 Å². The Kier molecular flexibility index (Phi) is 12.7. The van der Waals surface area contributed by atoms with Crippen LogP contribution in [0.25, 0.3) is 34.4 Å². The molecule has 13 heteroatoms. The van der Waals surface area contributed by atoms with Crippen LogP contribution < -0.4 is 0 Å². The molecular formula is C46H55BCl2F6NSi2Zr. The van der Waals surface area contributed by atoms with Crippen molar-refractivity contribution in [2.45, 2.75) is 99.4 Å². The molecule has 1 nitrogen and oxygen atoms in total. The molecule has 4 aromatic rings. The summed E-state index contributed by atoms with van der Waals surface area (Å²) in [6.45, 7) is 22.4. The van der Waals surface area contributed by atoms with Crippen molar-refractivity contribution in [3.8, 4) is 22.3 Å². The van der Waals surface area contributed by atoms with Gasteiger partial charge < -0.3 is 0 Å². The molecule has 0 N–H and O–H groups in total. The minimum absolute atomic E-state index is 0.0161. The van der Waals surface area contributed by atoms with Gasteiger partial charge in [-0.2, -0.15) is 0 Å². The fourth-order valence-corrected chi connectivity index (χ4v) is 52.3. The second-order valence-corrected chi connectivity index (χ2v) is 50.9. The zero-order valence-corrected chi connectivity index (χ0v) is 41.6. The van der Waals surface area contributed by atoms with Crippen molar-refractivity contribution >= 4 is 50.6 Å². The molecule has 2 aliphatic carbocycles. The van der Waals surface area contributed by atoms with Gasteiger partial charge in [-0.05, 0) is 0 Å². The van der Waals surface area contributed by atoms with Gasteiger partial charge in [-0.15, -0.1) is 0 Å². The Morgan fingerprint density at radius 1 is 0.576 bits per heavy atom. The van der Waals surface area contributed by atoms with Crippen LogP contribution in [0.1, 0.15) is 81.2 Å². The molecular weight excluding hydrogens is 910 g/mol. The van der Waals surface area contributed by atoms with E-state index in [9.17, 15) is 26.3 Å². The summed E-state index contributed by atoms with van der Waals surface area (Å²) in [6, 6.07) is 22.6. The number of allylic oxidation sites excluding steroid dienone is 2. The standard InChI is InChI=1S/2C20H18F3.C6H19BNSi2.2ClH.Zr/c2*1-3-13(2)15-11-14-7-6-9-16(18(14)12-15)17-8-4-5-10-19(17)20(21,22)23;1-9(2,3)8(7)10(4,5)6;;;/h2*4-13H,3H2,1-2H3;7H,1-6H3;2*1H;/q;;+1;;;+1/p-2. The molecule has 0 spiro atoms. The van der Waals surface area contributed by atoms with Gasteiger partial charge in [0.05, 0.1) is 0 Å². The predicted molar refractivity (Wildman–Crippen MR) is 241 cm³/mol. The van der Waals surface area contributed by atoms with E-state index < -0.39 is 63.4 Å². The van der Waals surface area contributed by atoms with E-state index >= 15 is 0 Å². The average molecular weight is 965 g/mol. The van der Waals surface area contributed by atoms with Crippen LogP contribution in [0.3, 0.4) is 0 Å². The van der Waals surface area contributed by atoms with Crippen molar-refractivity contribution in [2.24, 2.45) is 11.8 Å². The number of halogens is 8. The molecule has 4 unspecified atom stereocenters. The number of fused-ring (bicyclic) bond motifs is 2. The Morgan fingerprint density at radius 2 is 0.915 bits per heavy atom. The summed E-state index contributed by atoms with van der Waals surface area (Å²) < 4.78 is 89.7. The normalized spacial score (nSPS) is 19.1. The number of hydrogen-bond donors (Lipinski definition) is 0. The van der Waals surface area contributed by atoms with Gasteiger partial charge >= 0.3 is 360 Å². The van der Waals surface area contributed by atoms with Gasteiger partial charge in [-0.3, -0.25) is 0 Å². The summed E-state index contributed by atoms with van der Waals surface area (Å²) >= 11 is -5.89. The number of nitrogens with zero attached hydrogens (tertiary/aromatic N) is 1. The summed E-state index contributed by atoms with van der Waals surface area (Å²) in [5.74, 6) is -0.0323. The first-order valence-corrected chi connectivity index (χ1v) is 38.4. The Bertz CT molecular complexity index is 2160. The molecule has 0 aromatic heterocycles. The van der Waals surface area contributed by atoms with Crippen LogP contribution in [-0.4, -0.2) is 25.6 Å². The third-order valence-corrected chi connectivity index (χ3v) is 39.8. The fourth-order valence-electron chi connectivity index (χ4n) is 10.0. The van der Waals surface area contributed by atoms with Gasteiger partial charge in [0, 0.05) is 0 Å². The van der Waals surface area contributed by atoms with Crippen molar-refractivity contribution in [2.75, 3.05) is 0 Å². The SMILES string of the molecule is CCC(C)C1=Cc2c(-c3ccccc3C(F)(F)F)cccc2[CH]1[Zr]([Cl])([Cl])([BH]N([Si](C)(C)C)[Si](C)(C)C)[CH]1C(C(C)CC)=Cc2c(-c3ccccc3C(F)(F)F)cccc21. The number of hydrogen-bond acceptors (Lipinski definition) is 1. The van der Waals surface area contributed by atoms with Crippen molar-refractivity contribution < 1.29 is 42.5 Å². The Balaban J connectivity index is 1.75. The van der Waals surface area contributed by atoms with E-state index in [-0.39, 0.29) is 23.0 Å². The molecule has 0 amide bonds. The van der Waals surface area contributed by atoms with Crippen molar-refractivity contribution in [3.05, 3.63) is 129 Å². The molecule has 2 aliphatic rings. The van der Waals surface area contributed by atoms with Crippen LogP contribution in [0, 0.1) is 11.8 Å². The fraction of sp³-hybridized carbons (Fsp3) is 0.391. The summed E-state index contributed by atoms with van der Waals surface area (Å²) in [7, 11) is 13.7. The Labute approximate surface area is 357 Å². The molecule has 59 heavy (non-hydrogen) atoms. The third-order valence-electron chi connectivity index (χ3n) is 12.9. The van der Waals surface area contributed by atoms with Crippen LogP contribution in [0.4, 0.5) is 26.3 Å². The quantitative estimate of drug-likeness (QED) is 0.101. The topological polar surface area (TPSA) is 3.24 Å². The predicted octanol–water partition coefficient (Wildman–Crippen LogP) is 16.0. The molecule has 0 saturated carbocycles. The summed E-state index contributed by atoms with van der Waals surface area (Å²) in [4.78, 5) is 0.443. The second kappa shape index (κ2) is 16.2. The van der Waals surface area contributed by atoms with Gasteiger partial charge in [0.1, 0.15) is 0 Å². The molecule has 0 radical (unpaired) electrons. The molecule has 315 valence electrons. The van der Waals surface area contributed by atoms with Gasteiger partial charge in [0.25, 0.3) is 0 Å². The molecule has 0 saturated heterocycles. The van der Waals surface area contributed by atoms with E-state index in [1.807, 2.05) is 24.3 Å². The van der Waals surface area contributed by atoms with E-state index in [1.165, 1.54) is 24.3 Å². The summed E-state index contributed by atoms with van der Waals surface area (Å²) in [5, 5.41) is 0. The van der Waals surface area contributed by atoms with Crippen LogP contribution in [0.5, 0.6) is 0 Å². The van der Waals surface area contributed by atoms with Crippen LogP contribution >= 0.6 is 17.0 Å². The minimum atomic E-state index is -5.89. The third kappa shape index (κ3) is 8.53. The second-order valence-electron chi connectivity index (χ2n) is 18.8. The van der Waals surface area contributed by atoms with Gasteiger partial charge in [0.2, 0.25) is 0 Å². The van der Waals surface area contributed by atoms with Crippen LogP contribution in [0.2, 0.25) is 39.3 Å². The van der Waals surface area contributed by atoms with Crippen LogP contribution in [0.15, 0.2) is 96.1 Å². The first-order valence-electron chi connectivity index (χ1n) is 20.6. The van der Waals surface area contributed by atoms with E-state index in [2.05, 4.69) is 83.3 Å². The van der Waals surface area contributed by atoms with Gasteiger partial charge in [-0.25, -0.2) is 0 Å². The summed E-state index contributed by atoms with van der Waals surface area (Å²) in [6.07, 6.45) is -3.48. The number of alkyl halides is 6. The summed E-state index contributed by atoms with van der Waals surface area (Å²) in [5.41, 5.74) is 4.88. The molecule has 0 fully saturated rings. The monoisotopic (exact) mass is 962 g/mol. The van der Waals surface area contributed by atoms with Gasteiger partial charge in [-0.1, -0.05) is 0 Å². The number of rotatable bonds is 12. The van der Waals surface area contributed by atoms with Gasteiger partial charge in [0.15, 0.2) is 0 Å². The van der Waals surface area contributed by atoms with Crippen molar-refractivity contribution in [3.63, 3.8) is 0 Å². The van der Waals surface area contributed by atoms with E-state index in [1.54, 1.807) is 24.3 Å². The maximum atomic E-state index is 14.7. The zero-order chi connectivity index (χ0) is 43.7. The van der Waals surface area contributed by atoms with Crippen molar-refractivity contribution in [1.29, 1.82) is 0 Å². The zero-order valence-electron chi connectivity index (χ0n) is 35.6. The van der Waals surface area contributed by atoms with E-state index in [4.69, 9.17) is 17.0 Å². The van der Waals surface area contributed by atoms with E-state index in [0.717, 1.165) is 47.2 Å². The molecule has 4 atom stereocenters. The van der Waals surface area contributed by atoms with Crippen molar-refractivity contribution in [1.82, 2.24) is 4.14 Å². The average Bonchev–Trinajstić information content (AvgIpc) is 3.76. The first-order chi connectivity index (χ1) is 27.2. The Hall–Kier alpha value is -2.14. The molecule has 0 heterocycles. The molecule has 6 rings (SSSR count). The first kappa shape index (κ1) is 46.4. The maximum absolute atomic E-state index is 14.7. The Morgan fingerprint density at radius 3 is 1.24 bits per heavy atom. The van der Waals surface area contributed by atoms with E-state index in [0.29, 0.717) is 27.2 Å². The molecule has 0 bridgehead atoms. The number of benzene rings is 4. The molecule has 0 aliphatic heterocycles. The molecule has 4 aromatic carbocycles.